The normalized spacial score (nSPS) is 11.8. The van der Waals surface area contributed by atoms with Gasteiger partial charge in [0.2, 0.25) is 0 Å². The lowest BCUT2D eigenvalue weighted by molar-refractivity contribution is 0.669. The van der Waals surface area contributed by atoms with Crippen molar-refractivity contribution in [1.82, 2.24) is 4.57 Å². The van der Waals surface area contributed by atoms with Crippen molar-refractivity contribution in [1.29, 1.82) is 0 Å². The molecule has 0 radical (unpaired) electrons. The molecule has 0 aliphatic carbocycles. The molecule has 0 saturated carbocycles. The molecular weight excluding hydrogens is 637 g/mol. The number of aromatic nitrogens is 1. The number of anilines is 3. The van der Waals surface area contributed by atoms with Crippen LogP contribution in [0.3, 0.4) is 0 Å². The van der Waals surface area contributed by atoms with Crippen molar-refractivity contribution in [3.63, 3.8) is 0 Å². The number of nitrogens with zero attached hydrogens (tertiary/aromatic N) is 2. The van der Waals surface area contributed by atoms with Gasteiger partial charge in [-0.3, -0.25) is 0 Å². The number of benzene rings is 8. The molecule has 0 saturated heterocycles. The van der Waals surface area contributed by atoms with Crippen molar-refractivity contribution >= 4 is 82.7 Å². The van der Waals surface area contributed by atoms with Crippen molar-refractivity contribution in [2.45, 2.75) is 0 Å². The third-order valence-electron chi connectivity index (χ3n) is 10.3. The zero-order chi connectivity index (χ0) is 34.2. The van der Waals surface area contributed by atoms with Gasteiger partial charge in [0.15, 0.2) is 0 Å². The summed E-state index contributed by atoms with van der Waals surface area (Å²) >= 11 is 0. The summed E-state index contributed by atoms with van der Waals surface area (Å²) in [5, 5.41) is 6.76. The van der Waals surface area contributed by atoms with E-state index >= 15 is 0 Å². The molecule has 0 spiro atoms. The monoisotopic (exact) mass is 666 g/mol. The van der Waals surface area contributed by atoms with Gasteiger partial charge in [0.25, 0.3) is 0 Å². The van der Waals surface area contributed by atoms with Crippen LogP contribution in [0.1, 0.15) is 0 Å². The fourth-order valence-electron chi connectivity index (χ4n) is 8.05. The Morgan fingerprint density at radius 1 is 0.365 bits per heavy atom. The number of hydrogen-bond acceptors (Lipinski definition) is 3. The van der Waals surface area contributed by atoms with Crippen molar-refractivity contribution in [3.8, 4) is 16.8 Å². The highest BCUT2D eigenvalue weighted by atomic mass is 16.3. The molecule has 11 rings (SSSR count). The highest BCUT2D eigenvalue weighted by molar-refractivity contribution is 6.17. The van der Waals surface area contributed by atoms with Gasteiger partial charge >= 0.3 is 0 Å². The van der Waals surface area contributed by atoms with Gasteiger partial charge in [0.05, 0.1) is 11.0 Å². The van der Waals surface area contributed by atoms with E-state index in [4.69, 9.17) is 8.83 Å². The Kier molecular flexibility index (Phi) is 6.22. The number of hydrogen-bond donors (Lipinski definition) is 0. The molecule has 0 aliphatic heterocycles. The molecule has 244 valence electrons. The van der Waals surface area contributed by atoms with E-state index in [1.165, 1.54) is 5.39 Å². The van der Waals surface area contributed by atoms with Gasteiger partial charge in [0.1, 0.15) is 22.3 Å². The van der Waals surface area contributed by atoms with Crippen LogP contribution in [0.15, 0.2) is 191 Å². The topological polar surface area (TPSA) is 34.5 Å². The summed E-state index contributed by atoms with van der Waals surface area (Å²) in [5.74, 6) is 0. The summed E-state index contributed by atoms with van der Waals surface area (Å²) in [6, 6.07) is 64.3. The van der Waals surface area contributed by atoms with E-state index in [0.717, 1.165) is 94.2 Å². The summed E-state index contributed by atoms with van der Waals surface area (Å²) in [5.41, 5.74) is 12.2. The molecule has 3 aromatic heterocycles. The zero-order valence-corrected chi connectivity index (χ0v) is 28.0. The Labute approximate surface area is 299 Å². The molecule has 4 nitrogen and oxygen atoms in total. The standard InChI is InChI=1S/C48H30N2O2/c1-3-14-32(15-4-1)49(33-16-5-2-6-17-33)34-26-31(36-21-13-22-40-38-19-8-12-25-46(38)52-48(36)40)27-35(28-34)50-43-23-10-7-18-37(43)41-30-47-42(29-44(41)50)39-20-9-11-24-45(39)51-47/h1-30H. The highest BCUT2D eigenvalue weighted by Crippen LogP contribution is 2.44. The smallest absolute Gasteiger partial charge is 0.143 e. The van der Waals surface area contributed by atoms with E-state index in [0.29, 0.717) is 0 Å². The second-order valence-electron chi connectivity index (χ2n) is 13.3. The first-order chi connectivity index (χ1) is 25.8. The summed E-state index contributed by atoms with van der Waals surface area (Å²) in [6.45, 7) is 0. The van der Waals surface area contributed by atoms with Crippen molar-refractivity contribution in [2.24, 2.45) is 0 Å². The minimum atomic E-state index is 0.881. The quantitative estimate of drug-likeness (QED) is 0.183. The first-order valence-electron chi connectivity index (χ1n) is 17.6. The molecule has 0 bridgehead atoms. The fourth-order valence-corrected chi connectivity index (χ4v) is 8.05. The molecule has 0 amide bonds. The second kappa shape index (κ2) is 11.2. The average Bonchev–Trinajstić information content (AvgIpc) is 3.87. The van der Waals surface area contributed by atoms with Gasteiger partial charge in [0, 0.05) is 60.6 Å². The molecule has 0 fully saturated rings. The van der Waals surface area contributed by atoms with Crippen LogP contribution in [0.25, 0.3) is 82.5 Å². The molecule has 4 heteroatoms. The van der Waals surface area contributed by atoms with Gasteiger partial charge in [-0.15, -0.1) is 0 Å². The maximum absolute atomic E-state index is 6.63. The first kappa shape index (κ1) is 28.8. The summed E-state index contributed by atoms with van der Waals surface area (Å²) in [4.78, 5) is 2.33. The van der Waals surface area contributed by atoms with Gasteiger partial charge in [-0.1, -0.05) is 109 Å². The van der Waals surface area contributed by atoms with Crippen molar-refractivity contribution in [3.05, 3.63) is 182 Å². The van der Waals surface area contributed by atoms with E-state index in [9.17, 15) is 0 Å². The van der Waals surface area contributed by atoms with Gasteiger partial charge in [-0.2, -0.15) is 0 Å². The summed E-state index contributed by atoms with van der Waals surface area (Å²) < 4.78 is 15.4. The van der Waals surface area contributed by atoms with Crippen molar-refractivity contribution in [2.75, 3.05) is 4.90 Å². The Bertz CT molecular complexity index is 3090. The van der Waals surface area contributed by atoms with Crippen LogP contribution < -0.4 is 4.90 Å². The Morgan fingerprint density at radius 3 is 1.73 bits per heavy atom. The van der Waals surface area contributed by atoms with Crippen LogP contribution in [-0.2, 0) is 0 Å². The minimum absolute atomic E-state index is 0.881. The molecule has 3 heterocycles. The van der Waals surface area contributed by atoms with E-state index in [1.807, 2.05) is 24.3 Å². The minimum Gasteiger partial charge on any atom is -0.456 e. The fraction of sp³-hybridized carbons (Fsp3) is 0. The van der Waals surface area contributed by atoms with Gasteiger partial charge in [-0.05, 0) is 78.4 Å². The van der Waals surface area contributed by atoms with Crippen LogP contribution in [0.4, 0.5) is 17.1 Å². The van der Waals surface area contributed by atoms with E-state index < -0.39 is 0 Å². The highest BCUT2D eigenvalue weighted by Gasteiger charge is 2.21. The summed E-state index contributed by atoms with van der Waals surface area (Å²) in [7, 11) is 0. The predicted octanol–water partition coefficient (Wildman–Crippen LogP) is 13.7. The molecule has 8 aromatic carbocycles. The van der Waals surface area contributed by atoms with Crippen LogP contribution in [0, 0.1) is 0 Å². The van der Waals surface area contributed by atoms with Crippen LogP contribution in [0.5, 0.6) is 0 Å². The maximum Gasteiger partial charge on any atom is 0.143 e. The summed E-state index contributed by atoms with van der Waals surface area (Å²) in [6.07, 6.45) is 0. The number of rotatable bonds is 5. The van der Waals surface area contributed by atoms with E-state index in [2.05, 4.69) is 167 Å². The SMILES string of the molecule is c1ccc(N(c2ccccc2)c2cc(-c3cccc4c3oc3ccccc34)cc(-n3c4ccccc4c4cc5oc6ccccc6c5cc43)c2)cc1. The van der Waals surface area contributed by atoms with Crippen LogP contribution >= 0.6 is 0 Å². The first-order valence-corrected chi connectivity index (χ1v) is 17.6. The van der Waals surface area contributed by atoms with Crippen LogP contribution in [-0.4, -0.2) is 4.57 Å². The number of fused-ring (bicyclic) bond motifs is 9. The Morgan fingerprint density at radius 2 is 0.981 bits per heavy atom. The van der Waals surface area contributed by atoms with E-state index in [1.54, 1.807) is 0 Å². The molecule has 0 aliphatic rings. The Hall–Kier alpha value is -7.04. The van der Waals surface area contributed by atoms with Gasteiger partial charge in [-0.25, -0.2) is 0 Å². The molecule has 0 atom stereocenters. The second-order valence-corrected chi connectivity index (χ2v) is 13.3. The molecule has 0 unspecified atom stereocenters. The largest absolute Gasteiger partial charge is 0.456 e. The lowest BCUT2D eigenvalue weighted by Crippen LogP contribution is -2.10. The van der Waals surface area contributed by atoms with E-state index in [-0.39, 0.29) is 0 Å². The average molecular weight is 667 g/mol. The lowest BCUT2D eigenvalue weighted by atomic mass is 10.00. The predicted molar refractivity (Wildman–Crippen MR) is 215 cm³/mol. The molecule has 0 N–H and O–H groups in total. The number of furan rings is 2. The van der Waals surface area contributed by atoms with Crippen LogP contribution in [0.2, 0.25) is 0 Å². The van der Waals surface area contributed by atoms with Gasteiger partial charge < -0.3 is 18.3 Å². The molecule has 52 heavy (non-hydrogen) atoms. The third-order valence-corrected chi connectivity index (χ3v) is 10.3. The maximum atomic E-state index is 6.63. The zero-order valence-electron chi connectivity index (χ0n) is 28.0. The molecule has 11 aromatic rings. The third kappa shape index (κ3) is 4.34. The van der Waals surface area contributed by atoms with Crippen molar-refractivity contribution < 1.29 is 8.83 Å². The Balaban J connectivity index is 1.25. The molecular formula is C48H30N2O2. The lowest BCUT2D eigenvalue weighted by Gasteiger charge is -2.27. The number of para-hydroxylation sites is 6.